The maximum Gasteiger partial charge on any atom is 0.309 e. The molecule has 1 N–H and O–H groups in total. The molecule has 25 heavy (non-hydrogen) atoms. The first-order valence-corrected chi connectivity index (χ1v) is 11.0. The molecule has 0 atom stereocenters. The molecule has 0 heterocycles. The van der Waals surface area contributed by atoms with Gasteiger partial charge in [-0.15, -0.1) is 0 Å². The van der Waals surface area contributed by atoms with Crippen LogP contribution in [0.25, 0.3) is 0 Å². The predicted molar refractivity (Wildman–Crippen MR) is 102 cm³/mol. The van der Waals surface area contributed by atoms with Crippen molar-refractivity contribution in [2.24, 2.45) is 17.8 Å². The lowest BCUT2D eigenvalue weighted by molar-refractivity contribution is -0.157. The first-order chi connectivity index (χ1) is 12.2. The van der Waals surface area contributed by atoms with Crippen LogP contribution in [-0.4, -0.2) is 23.8 Å². The minimum atomic E-state index is 0.0975. The van der Waals surface area contributed by atoms with Crippen molar-refractivity contribution in [2.75, 3.05) is 6.61 Å². The van der Waals surface area contributed by atoms with Crippen molar-refractivity contribution in [1.82, 2.24) is 0 Å². The second-order valence-electron chi connectivity index (χ2n) is 8.51. The number of rotatable bonds is 10. The average Bonchev–Trinajstić information content (AvgIpc) is 2.64. The molecule has 0 spiro atoms. The van der Waals surface area contributed by atoms with Gasteiger partial charge in [-0.25, -0.2) is 0 Å². The Morgan fingerprint density at radius 3 is 2.08 bits per heavy atom. The highest BCUT2D eigenvalue weighted by Gasteiger charge is 2.30. The zero-order valence-electron chi connectivity index (χ0n) is 16.4. The molecular weight excluding hydrogens is 312 g/mol. The second-order valence-corrected chi connectivity index (χ2v) is 8.51. The Hall–Kier alpha value is -0.570. The van der Waals surface area contributed by atoms with E-state index in [2.05, 4.69) is 6.92 Å². The highest BCUT2D eigenvalue weighted by Crippen LogP contribution is 2.34. The summed E-state index contributed by atoms with van der Waals surface area (Å²) in [5.74, 6) is 1.94. The summed E-state index contributed by atoms with van der Waals surface area (Å²) in [6, 6.07) is 0. The number of carbonyl (C=O) groups excluding carboxylic acids is 1. The van der Waals surface area contributed by atoms with Crippen LogP contribution in [0.15, 0.2) is 0 Å². The summed E-state index contributed by atoms with van der Waals surface area (Å²) < 4.78 is 5.86. The number of unbranched alkanes of at least 4 members (excludes halogenated alkanes) is 3. The van der Waals surface area contributed by atoms with Crippen LogP contribution in [0.5, 0.6) is 0 Å². The summed E-state index contributed by atoms with van der Waals surface area (Å²) in [4.78, 5) is 12.5. The van der Waals surface area contributed by atoms with E-state index >= 15 is 0 Å². The van der Waals surface area contributed by atoms with Crippen LogP contribution >= 0.6 is 0 Å². The molecule has 0 aromatic carbocycles. The molecule has 2 aliphatic carbocycles. The van der Waals surface area contributed by atoms with Gasteiger partial charge in [0.1, 0.15) is 6.10 Å². The van der Waals surface area contributed by atoms with Crippen LogP contribution in [-0.2, 0) is 9.53 Å². The van der Waals surface area contributed by atoms with Crippen molar-refractivity contribution in [3.8, 4) is 0 Å². The highest BCUT2D eigenvalue weighted by atomic mass is 16.5. The smallest absolute Gasteiger partial charge is 0.309 e. The number of esters is 1. The first-order valence-electron chi connectivity index (χ1n) is 11.0. The molecule has 2 aliphatic rings. The standard InChI is InChI=1S/C22H40O3/c1-2-7-18-11-15-21(16-12-18)25-22(24)20-13-9-19(10-14-20)8-5-3-4-6-17-23/h18-21,23H,2-17H2,1H3/t18-,19-,20-,21-. The molecule has 2 saturated carbocycles. The number of hydrogen-bond acceptors (Lipinski definition) is 3. The molecule has 0 unspecified atom stereocenters. The van der Waals surface area contributed by atoms with Crippen LogP contribution in [0, 0.1) is 17.8 Å². The van der Waals surface area contributed by atoms with Gasteiger partial charge in [-0.1, -0.05) is 45.4 Å². The molecule has 3 nitrogen and oxygen atoms in total. The van der Waals surface area contributed by atoms with Gasteiger partial charge >= 0.3 is 5.97 Å². The molecule has 0 bridgehead atoms. The molecule has 0 aliphatic heterocycles. The summed E-state index contributed by atoms with van der Waals surface area (Å²) in [6.07, 6.45) is 17.8. The van der Waals surface area contributed by atoms with E-state index in [1.165, 1.54) is 57.8 Å². The van der Waals surface area contributed by atoms with Gasteiger partial charge in [0.2, 0.25) is 0 Å². The second kappa shape index (κ2) is 11.9. The molecule has 0 radical (unpaired) electrons. The maximum atomic E-state index is 12.5. The normalized spacial score (nSPS) is 30.2. The quantitative estimate of drug-likeness (QED) is 0.409. The van der Waals surface area contributed by atoms with E-state index in [4.69, 9.17) is 9.84 Å². The van der Waals surface area contributed by atoms with Crippen LogP contribution in [0.1, 0.15) is 103 Å². The monoisotopic (exact) mass is 352 g/mol. The molecule has 0 aromatic heterocycles. The van der Waals surface area contributed by atoms with Crippen LogP contribution in [0.2, 0.25) is 0 Å². The molecule has 0 amide bonds. The Balaban J connectivity index is 1.57. The Morgan fingerprint density at radius 2 is 1.44 bits per heavy atom. The summed E-state index contributed by atoms with van der Waals surface area (Å²) >= 11 is 0. The zero-order chi connectivity index (χ0) is 17.9. The number of hydrogen-bond donors (Lipinski definition) is 1. The van der Waals surface area contributed by atoms with Crippen LogP contribution in [0.4, 0.5) is 0 Å². The summed E-state index contributed by atoms with van der Waals surface area (Å²) in [7, 11) is 0. The SMILES string of the molecule is CCC[C@H]1CC[C@H](OC(=O)[C@H]2CC[C@H](CCCCCCO)CC2)CC1. The van der Waals surface area contributed by atoms with Gasteiger partial charge in [-0.3, -0.25) is 4.79 Å². The zero-order valence-corrected chi connectivity index (χ0v) is 16.4. The molecule has 146 valence electrons. The van der Waals surface area contributed by atoms with E-state index in [-0.39, 0.29) is 18.0 Å². The van der Waals surface area contributed by atoms with E-state index in [1.54, 1.807) is 0 Å². The van der Waals surface area contributed by atoms with Gasteiger partial charge in [0.15, 0.2) is 0 Å². The third-order valence-corrected chi connectivity index (χ3v) is 6.47. The maximum absolute atomic E-state index is 12.5. The fourth-order valence-electron chi connectivity index (χ4n) is 4.79. The lowest BCUT2D eigenvalue weighted by atomic mass is 9.79. The highest BCUT2D eigenvalue weighted by molar-refractivity contribution is 5.72. The van der Waals surface area contributed by atoms with Crippen molar-refractivity contribution in [2.45, 2.75) is 109 Å². The van der Waals surface area contributed by atoms with Crippen molar-refractivity contribution < 1.29 is 14.6 Å². The van der Waals surface area contributed by atoms with E-state index in [0.717, 1.165) is 50.4 Å². The average molecular weight is 353 g/mol. The largest absolute Gasteiger partial charge is 0.462 e. The lowest BCUT2D eigenvalue weighted by Gasteiger charge is -2.31. The molecule has 0 saturated heterocycles. The molecular formula is C22H40O3. The van der Waals surface area contributed by atoms with Crippen molar-refractivity contribution in [3.05, 3.63) is 0 Å². The third kappa shape index (κ3) is 7.68. The summed E-state index contributed by atoms with van der Waals surface area (Å²) in [5, 5.41) is 8.81. The number of aliphatic hydroxyl groups is 1. The van der Waals surface area contributed by atoms with Gasteiger partial charge in [0.25, 0.3) is 0 Å². The van der Waals surface area contributed by atoms with Gasteiger partial charge in [-0.2, -0.15) is 0 Å². The van der Waals surface area contributed by atoms with Crippen molar-refractivity contribution >= 4 is 5.97 Å². The Kier molecular flexibility index (Phi) is 9.90. The van der Waals surface area contributed by atoms with Crippen LogP contribution < -0.4 is 0 Å². The van der Waals surface area contributed by atoms with E-state index in [9.17, 15) is 4.79 Å². The minimum absolute atomic E-state index is 0.0975. The third-order valence-electron chi connectivity index (χ3n) is 6.47. The Morgan fingerprint density at radius 1 is 0.840 bits per heavy atom. The van der Waals surface area contributed by atoms with E-state index < -0.39 is 0 Å². The molecule has 0 aromatic rings. The minimum Gasteiger partial charge on any atom is -0.462 e. The van der Waals surface area contributed by atoms with Gasteiger partial charge in [0, 0.05) is 6.61 Å². The topological polar surface area (TPSA) is 46.5 Å². The molecule has 2 rings (SSSR count). The van der Waals surface area contributed by atoms with Gasteiger partial charge in [-0.05, 0) is 69.6 Å². The number of ether oxygens (including phenoxy) is 1. The fraction of sp³-hybridized carbons (Fsp3) is 0.955. The number of aliphatic hydroxyl groups excluding tert-OH is 1. The fourth-order valence-corrected chi connectivity index (χ4v) is 4.79. The number of carbonyl (C=O) groups is 1. The van der Waals surface area contributed by atoms with Gasteiger partial charge in [0.05, 0.1) is 5.92 Å². The van der Waals surface area contributed by atoms with Crippen molar-refractivity contribution in [1.29, 1.82) is 0 Å². The molecule has 2 fully saturated rings. The van der Waals surface area contributed by atoms with Crippen molar-refractivity contribution in [3.63, 3.8) is 0 Å². The molecule has 3 heteroatoms. The summed E-state index contributed by atoms with van der Waals surface area (Å²) in [6.45, 7) is 2.59. The first kappa shape index (κ1) is 20.7. The lowest BCUT2D eigenvalue weighted by Crippen LogP contribution is -2.30. The summed E-state index contributed by atoms with van der Waals surface area (Å²) in [5.41, 5.74) is 0. The Labute approximate surface area is 154 Å². The van der Waals surface area contributed by atoms with E-state index in [0.29, 0.717) is 6.61 Å². The van der Waals surface area contributed by atoms with Crippen LogP contribution in [0.3, 0.4) is 0 Å². The van der Waals surface area contributed by atoms with Gasteiger partial charge < -0.3 is 9.84 Å². The predicted octanol–water partition coefficient (Wildman–Crippen LogP) is 5.64. The Bertz CT molecular complexity index is 352. The van der Waals surface area contributed by atoms with E-state index in [1.807, 2.05) is 0 Å².